The third kappa shape index (κ3) is 4.81. The molecular weight excluding hydrogens is 428 g/mol. The summed E-state index contributed by atoms with van der Waals surface area (Å²) in [5, 5.41) is 11.7. The molecule has 0 aliphatic carbocycles. The number of rotatable bonds is 7. The van der Waals surface area contributed by atoms with Crippen LogP contribution in [0.25, 0.3) is 0 Å². The number of nitrogens with zero attached hydrogens (tertiary/aromatic N) is 5. The number of aryl methyl sites for hydroxylation is 1. The quantitative estimate of drug-likeness (QED) is 0.582. The van der Waals surface area contributed by atoms with Crippen LogP contribution in [-0.4, -0.2) is 60.7 Å². The summed E-state index contributed by atoms with van der Waals surface area (Å²) in [6.07, 6.45) is 3.41. The van der Waals surface area contributed by atoms with Crippen molar-refractivity contribution in [1.29, 1.82) is 0 Å². The topological polar surface area (TPSA) is 101 Å². The fourth-order valence-electron chi connectivity index (χ4n) is 3.55. The summed E-state index contributed by atoms with van der Waals surface area (Å²) in [4.78, 5) is 6.39. The van der Waals surface area contributed by atoms with E-state index in [-0.39, 0.29) is 4.90 Å². The largest absolute Gasteiger partial charge is 0.494 e. The number of sulfonamides is 1. The van der Waals surface area contributed by atoms with Crippen molar-refractivity contribution in [1.82, 2.24) is 19.5 Å². The van der Waals surface area contributed by atoms with Crippen LogP contribution in [0.5, 0.6) is 5.75 Å². The molecule has 0 atom stereocenters. The molecule has 3 heterocycles. The van der Waals surface area contributed by atoms with Crippen LogP contribution in [0.3, 0.4) is 0 Å². The van der Waals surface area contributed by atoms with Gasteiger partial charge < -0.3 is 15.0 Å². The molecule has 1 saturated heterocycles. The molecule has 0 unspecified atom stereocenters. The van der Waals surface area contributed by atoms with E-state index in [0.29, 0.717) is 44.4 Å². The van der Waals surface area contributed by atoms with Gasteiger partial charge in [-0.25, -0.2) is 8.42 Å². The van der Waals surface area contributed by atoms with Crippen molar-refractivity contribution in [3.8, 4) is 5.75 Å². The summed E-state index contributed by atoms with van der Waals surface area (Å²) in [6.45, 7) is 6.14. The van der Waals surface area contributed by atoms with Crippen molar-refractivity contribution in [2.45, 2.75) is 18.7 Å². The van der Waals surface area contributed by atoms with E-state index >= 15 is 0 Å². The Morgan fingerprint density at radius 2 is 1.88 bits per heavy atom. The predicted octanol–water partition coefficient (Wildman–Crippen LogP) is 2.83. The van der Waals surface area contributed by atoms with E-state index in [1.54, 1.807) is 30.6 Å². The first-order chi connectivity index (χ1) is 15.5. The second-order valence-electron chi connectivity index (χ2n) is 7.39. The smallest absolute Gasteiger partial charge is 0.243 e. The molecule has 3 aromatic rings. The molecule has 0 saturated carbocycles. The van der Waals surface area contributed by atoms with Gasteiger partial charge in [0.2, 0.25) is 10.0 Å². The Kier molecular flexibility index (Phi) is 6.52. The lowest BCUT2D eigenvalue weighted by Gasteiger charge is -2.34. The van der Waals surface area contributed by atoms with Gasteiger partial charge in [0.05, 0.1) is 23.4 Å². The van der Waals surface area contributed by atoms with E-state index < -0.39 is 10.0 Å². The van der Waals surface area contributed by atoms with E-state index in [0.717, 1.165) is 17.1 Å². The number of nitrogens with one attached hydrogen (secondary N) is 1. The van der Waals surface area contributed by atoms with Crippen molar-refractivity contribution in [3.63, 3.8) is 0 Å². The lowest BCUT2D eigenvalue weighted by atomic mass is 10.2. The summed E-state index contributed by atoms with van der Waals surface area (Å²) < 4.78 is 33.2. The first kappa shape index (κ1) is 22.0. The van der Waals surface area contributed by atoms with Crippen molar-refractivity contribution >= 4 is 27.3 Å². The molecule has 1 fully saturated rings. The van der Waals surface area contributed by atoms with Gasteiger partial charge in [-0.05, 0) is 61.9 Å². The predicted molar refractivity (Wildman–Crippen MR) is 123 cm³/mol. The third-order valence-corrected chi connectivity index (χ3v) is 7.13. The maximum absolute atomic E-state index is 13.1. The average molecular weight is 455 g/mol. The van der Waals surface area contributed by atoms with Crippen LogP contribution in [0.1, 0.15) is 12.5 Å². The minimum Gasteiger partial charge on any atom is -0.494 e. The van der Waals surface area contributed by atoms with Crippen LogP contribution >= 0.6 is 0 Å². The summed E-state index contributed by atoms with van der Waals surface area (Å²) in [6, 6.07) is 12.5. The second-order valence-corrected chi connectivity index (χ2v) is 9.33. The van der Waals surface area contributed by atoms with Crippen molar-refractivity contribution < 1.29 is 13.2 Å². The minimum atomic E-state index is -3.56. The average Bonchev–Trinajstić information content (AvgIpc) is 2.82. The summed E-state index contributed by atoms with van der Waals surface area (Å²) in [7, 11) is -3.56. The van der Waals surface area contributed by atoms with Gasteiger partial charge in [-0.2, -0.15) is 4.31 Å². The zero-order chi connectivity index (χ0) is 22.6. The molecule has 1 aliphatic rings. The molecule has 0 bridgehead atoms. The molecule has 2 aromatic heterocycles. The van der Waals surface area contributed by atoms with E-state index in [9.17, 15) is 8.42 Å². The van der Waals surface area contributed by atoms with Gasteiger partial charge in [0.1, 0.15) is 5.75 Å². The summed E-state index contributed by atoms with van der Waals surface area (Å²) in [5.41, 5.74) is 1.64. The highest BCUT2D eigenvalue weighted by Gasteiger charge is 2.29. The maximum atomic E-state index is 13.1. The van der Waals surface area contributed by atoms with Crippen LogP contribution < -0.4 is 15.0 Å². The fraction of sp³-hybridized carbons (Fsp3) is 0.318. The monoisotopic (exact) mass is 454 g/mol. The molecule has 168 valence electrons. The third-order valence-electron chi connectivity index (χ3n) is 5.23. The fourth-order valence-corrected chi connectivity index (χ4v) is 5.06. The molecule has 0 spiro atoms. The highest BCUT2D eigenvalue weighted by molar-refractivity contribution is 7.89. The van der Waals surface area contributed by atoms with E-state index in [1.807, 2.05) is 43.0 Å². The Hall–Kier alpha value is -3.24. The second kappa shape index (κ2) is 9.49. The molecule has 10 heteroatoms. The van der Waals surface area contributed by atoms with E-state index in [1.165, 1.54) is 4.31 Å². The number of ether oxygens (including phenoxy) is 1. The molecule has 1 aromatic carbocycles. The van der Waals surface area contributed by atoms with Gasteiger partial charge in [-0.3, -0.25) is 4.98 Å². The van der Waals surface area contributed by atoms with Crippen molar-refractivity contribution in [3.05, 3.63) is 60.4 Å². The Bertz CT molecular complexity index is 1150. The van der Waals surface area contributed by atoms with Crippen LogP contribution in [0.4, 0.5) is 17.3 Å². The molecule has 9 nitrogen and oxygen atoms in total. The molecule has 32 heavy (non-hydrogen) atoms. The van der Waals surface area contributed by atoms with E-state index in [4.69, 9.17) is 4.74 Å². The first-order valence-electron chi connectivity index (χ1n) is 10.5. The molecule has 0 radical (unpaired) electrons. The first-order valence-corrected chi connectivity index (χ1v) is 11.9. The minimum absolute atomic E-state index is 0.289. The van der Waals surface area contributed by atoms with Crippen LogP contribution in [0, 0.1) is 6.92 Å². The number of hydrogen-bond acceptors (Lipinski definition) is 8. The Balaban J connectivity index is 1.38. The molecule has 4 rings (SSSR count). The normalized spacial score (nSPS) is 14.9. The van der Waals surface area contributed by atoms with E-state index in [2.05, 4.69) is 20.5 Å². The molecule has 1 N–H and O–H groups in total. The molecular formula is C22H26N6O3S. The summed E-state index contributed by atoms with van der Waals surface area (Å²) in [5.74, 6) is 2.04. The molecule has 0 amide bonds. The molecule has 1 aliphatic heterocycles. The lowest BCUT2D eigenvalue weighted by molar-refractivity contribution is 0.337. The lowest BCUT2D eigenvalue weighted by Crippen LogP contribution is -2.49. The SMILES string of the molecule is CCOc1ccc(S(=O)(=O)N2CCN(c3ccc(Nc4cccnc4)nn3)CC2)cc1C. The van der Waals surface area contributed by atoms with Crippen molar-refractivity contribution in [2.24, 2.45) is 0 Å². The number of pyridine rings is 1. The highest BCUT2D eigenvalue weighted by atomic mass is 32.2. The Morgan fingerprint density at radius 1 is 1.06 bits per heavy atom. The van der Waals surface area contributed by atoms with Gasteiger partial charge in [-0.1, -0.05) is 0 Å². The maximum Gasteiger partial charge on any atom is 0.243 e. The number of aromatic nitrogens is 3. The number of benzene rings is 1. The number of hydrogen-bond donors (Lipinski definition) is 1. The van der Waals surface area contributed by atoms with Gasteiger partial charge in [0.25, 0.3) is 0 Å². The highest BCUT2D eigenvalue weighted by Crippen LogP contribution is 2.25. The van der Waals surface area contributed by atoms with Crippen LogP contribution in [0.15, 0.2) is 59.8 Å². The Morgan fingerprint density at radius 3 is 2.50 bits per heavy atom. The van der Waals surface area contributed by atoms with Gasteiger partial charge in [0.15, 0.2) is 11.6 Å². The van der Waals surface area contributed by atoms with Crippen molar-refractivity contribution in [2.75, 3.05) is 43.0 Å². The standard InChI is InChI=1S/C22H26N6O3S/c1-3-31-20-7-6-19(15-17(20)2)32(29,30)28-13-11-27(12-14-28)22-9-8-21(25-26-22)24-18-5-4-10-23-16-18/h4-10,15-16H,3,11-14H2,1-2H3,(H,24,25). The van der Waals surface area contributed by atoms with Gasteiger partial charge >= 0.3 is 0 Å². The number of anilines is 3. The van der Waals surface area contributed by atoms with Crippen LogP contribution in [0.2, 0.25) is 0 Å². The van der Waals surface area contributed by atoms with Gasteiger partial charge in [-0.15, -0.1) is 10.2 Å². The van der Waals surface area contributed by atoms with Crippen LogP contribution in [-0.2, 0) is 10.0 Å². The summed E-state index contributed by atoms with van der Waals surface area (Å²) >= 11 is 0. The Labute approximate surface area is 188 Å². The van der Waals surface area contributed by atoms with Gasteiger partial charge in [0, 0.05) is 32.4 Å². The number of piperazine rings is 1. The zero-order valence-corrected chi connectivity index (χ0v) is 18.9. The zero-order valence-electron chi connectivity index (χ0n) is 18.1.